The van der Waals surface area contributed by atoms with Gasteiger partial charge in [-0.25, -0.2) is 9.07 Å². The Hall–Kier alpha value is -2.49. The van der Waals surface area contributed by atoms with Crippen molar-refractivity contribution in [3.63, 3.8) is 0 Å². The van der Waals surface area contributed by atoms with Gasteiger partial charge in [-0.15, -0.1) is 0 Å². The summed E-state index contributed by atoms with van der Waals surface area (Å²) in [5.41, 5.74) is -2.10. The zero-order valence-electron chi connectivity index (χ0n) is 15.7. The van der Waals surface area contributed by atoms with Gasteiger partial charge < -0.3 is 9.90 Å². The molecule has 2 aromatic carbocycles. The topological polar surface area (TPSA) is 75.0 Å². The zero-order chi connectivity index (χ0) is 21.2. The van der Waals surface area contributed by atoms with Crippen molar-refractivity contribution >= 4 is 22.8 Å². The number of carbonyl (C=O) groups is 1. The molecule has 3 rings (SSSR count). The summed E-state index contributed by atoms with van der Waals surface area (Å²) in [6.07, 6.45) is -2.98. The Balaban J connectivity index is 0.00000320. The van der Waals surface area contributed by atoms with Crippen molar-refractivity contribution in [1.82, 2.24) is 9.78 Å². The number of hydrogen-bond acceptors (Lipinski definition) is 4. The summed E-state index contributed by atoms with van der Waals surface area (Å²) < 4.78 is 53.4. The Labute approximate surface area is 189 Å². The first-order valence-electron chi connectivity index (χ1n) is 8.39. The molecule has 1 aromatic heterocycles. The van der Waals surface area contributed by atoms with E-state index in [9.17, 15) is 32.3 Å². The van der Waals surface area contributed by atoms with E-state index in [1.807, 2.05) is 0 Å². The second-order valence-corrected chi connectivity index (χ2v) is 6.14. The van der Waals surface area contributed by atoms with E-state index in [1.54, 1.807) is 18.2 Å². The van der Waals surface area contributed by atoms with Gasteiger partial charge in [0, 0.05) is 23.3 Å². The number of halogens is 4. The summed E-state index contributed by atoms with van der Waals surface area (Å²) >= 11 is 0. The molecule has 1 heterocycles. The van der Waals surface area contributed by atoms with E-state index in [0.29, 0.717) is 11.5 Å². The molecule has 0 saturated heterocycles. The van der Waals surface area contributed by atoms with Crippen molar-refractivity contribution in [3.8, 4) is 0 Å². The first kappa shape index (κ1) is 23.8. The van der Waals surface area contributed by atoms with Crippen molar-refractivity contribution in [3.05, 3.63) is 81.5 Å². The number of nitrogens with zero attached hydrogens (tertiary/aromatic N) is 2. The number of rotatable bonds is 5. The van der Waals surface area contributed by atoms with Crippen LogP contribution in [0.25, 0.3) is 16.8 Å². The number of carboxylic acid groups (broad SMARTS) is 1. The van der Waals surface area contributed by atoms with Crippen LogP contribution >= 0.6 is 0 Å². The quantitative estimate of drug-likeness (QED) is 0.408. The summed E-state index contributed by atoms with van der Waals surface area (Å²) in [6.45, 7) is -0.195. The maximum absolute atomic E-state index is 14.1. The van der Waals surface area contributed by atoms with Crippen LogP contribution in [-0.4, -0.2) is 15.7 Å². The summed E-state index contributed by atoms with van der Waals surface area (Å²) in [6, 6.07) is 9.16. The van der Waals surface area contributed by atoms with Gasteiger partial charge in [-0.05, 0) is 12.1 Å². The minimum atomic E-state index is -4.83. The van der Waals surface area contributed by atoms with Crippen LogP contribution in [0.15, 0.2) is 53.3 Å². The first-order valence-corrected chi connectivity index (χ1v) is 8.39. The first-order chi connectivity index (χ1) is 13.7. The van der Waals surface area contributed by atoms with Crippen LogP contribution in [0.3, 0.4) is 0 Å². The molecule has 0 N–H and O–H groups in total. The van der Waals surface area contributed by atoms with Gasteiger partial charge in [-0.3, -0.25) is 4.79 Å². The summed E-state index contributed by atoms with van der Waals surface area (Å²) in [5.74, 6) is -2.80. The van der Waals surface area contributed by atoms with Crippen molar-refractivity contribution in [2.75, 3.05) is 0 Å². The van der Waals surface area contributed by atoms with Crippen molar-refractivity contribution in [2.45, 2.75) is 19.1 Å². The van der Waals surface area contributed by atoms with Crippen LogP contribution in [-0.2, 0) is 23.9 Å². The van der Waals surface area contributed by atoms with Crippen molar-refractivity contribution < 1.29 is 57.0 Å². The molecule has 10 heteroatoms. The molecule has 5 nitrogen and oxygen atoms in total. The molecule has 0 unspecified atom stereocenters. The fourth-order valence-electron chi connectivity index (χ4n) is 2.87. The number of aromatic nitrogens is 2. The predicted octanol–water partition coefficient (Wildman–Crippen LogP) is -0.436. The molecule has 0 aliphatic heterocycles. The SMILES string of the molecule is O=C([O-])Cc1nn(CC=Cc2cccc(C(F)(F)F)c2F)c(=O)c2ccccc12.[Na+]. The van der Waals surface area contributed by atoms with Gasteiger partial charge in [-0.2, -0.15) is 18.3 Å². The molecule has 0 radical (unpaired) electrons. The average Bonchev–Trinajstić information content (AvgIpc) is 2.65. The van der Waals surface area contributed by atoms with Gasteiger partial charge in [0.15, 0.2) is 0 Å². The molecular formula is C20H13F4N2NaO3. The molecule has 0 aliphatic carbocycles. The van der Waals surface area contributed by atoms with E-state index in [1.165, 1.54) is 18.2 Å². The number of benzene rings is 2. The second-order valence-electron chi connectivity index (χ2n) is 6.14. The minimum Gasteiger partial charge on any atom is -0.550 e. The summed E-state index contributed by atoms with van der Waals surface area (Å²) in [5, 5.41) is 15.6. The predicted molar refractivity (Wildman–Crippen MR) is 95.1 cm³/mol. The van der Waals surface area contributed by atoms with Crippen molar-refractivity contribution in [1.29, 1.82) is 0 Å². The van der Waals surface area contributed by atoms with Gasteiger partial charge in [0.2, 0.25) is 0 Å². The molecule has 0 spiro atoms. The van der Waals surface area contributed by atoms with Gasteiger partial charge >= 0.3 is 35.7 Å². The number of hydrogen-bond donors (Lipinski definition) is 0. The number of fused-ring (bicyclic) bond motifs is 1. The monoisotopic (exact) mass is 428 g/mol. The zero-order valence-corrected chi connectivity index (χ0v) is 17.7. The molecule has 0 atom stereocenters. The molecular weight excluding hydrogens is 415 g/mol. The Kier molecular flexibility index (Phi) is 7.57. The second kappa shape index (κ2) is 9.55. The van der Waals surface area contributed by atoms with E-state index in [0.717, 1.165) is 16.8 Å². The average molecular weight is 428 g/mol. The summed E-state index contributed by atoms with van der Waals surface area (Å²) in [7, 11) is 0. The van der Waals surface area contributed by atoms with E-state index >= 15 is 0 Å². The molecule has 0 saturated carbocycles. The third-order valence-corrected chi connectivity index (χ3v) is 4.17. The van der Waals surface area contributed by atoms with Crippen LogP contribution in [0.1, 0.15) is 16.8 Å². The molecule has 30 heavy (non-hydrogen) atoms. The van der Waals surface area contributed by atoms with E-state index in [4.69, 9.17) is 0 Å². The van der Waals surface area contributed by atoms with Crippen molar-refractivity contribution in [2.24, 2.45) is 0 Å². The summed E-state index contributed by atoms with van der Waals surface area (Å²) in [4.78, 5) is 23.5. The number of carbonyl (C=O) groups excluding carboxylic acids is 1. The van der Waals surface area contributed by atoms with E-state index in [2.05, 4.69) is 5.10 Å². The maximum atomic E-state index is 14.1. The third-order valence-electron chi connectivity index (χ3n) is 4.17. The Morgan fingerprint density at radius 2 is 1.77 bits per heavy atom. The molecule has 0 aliphatic rings. The van der Waals surface area contributed by atoms with Crippen LogP contribution < -0.4 is 40.2 Å². The number of alkyl halides is 3. The maximum Gasteiger partial charge on any atom is 1.00 e. The van der Waals surface area contributed by atoms with E-state index < -0.39 is 35.5 Å². The molecule has 0 amide bonds. The van der Waals surface area contributed by atoms with E-state index in [-0.39, 0.29) is 52.7 Å². The van der Waals surface area contributed by atoms with Gasteiger partial charge in [-0.1, -0.05) is 42.5 Å². The molecule has 0 fully saturated rings. The fourth-order valence-corrected chi connectivity index (χ4v) is 2.87. The molecule has 150 valence electrons. The van der Waals surface area contributed by atoms with Crippen LogP contribution in [0, 0.1) is 5.82 Å². The molecule has 0 bridgehead atoms. The fraction of sp³-hybridized carbons (Fsp3) is 0.150. The largest absolute Gasteiger partial charge is 1.00 e. The standard InChI is InChI=1S/C20H14F4N2O3.Na/c21-18-12(5-3-9-15(18)20(22,23)24)6-4-10-26-19(29)14-8-2-1-7-13(14)16(25-26)11-17(27)28;/h1-9H,10-11H2,(H,27,28);/q;+1/p-1. The van der Waals surface area contributed by atoms with Gasteiger partial charge in [0.05, 0.1) is 23.2 Å². The van der Waals surface area contributed by atoms with Crippen LogP contribution in [0.4, 0.5) is 17.6 Å². The van der Waals surface area contributed by atoms with Gasteiger partial charge in [0.1, 0.15) is 5.82 Å². The normalized spacial score (nSPS) is 11.6. The molecule has 3 aromatic rings. The Bertz CT molecular complexity index is 1170. The minimum absolute atomic E-state index is 0. The Morgan fingerprint density at radius 3 is 2.40 bits per heavy atom. The smallest absolute Gasteiger partial charge is 0.550 e. The van der Waals surface area contributed by atoms with Crippen LogP contribution in [0.5, 0.6) is 0 Å². The Morgan fingerprint density at radius 1 is 1.10 bits per heavy atom. The third kappa shape index (κ3) is 5.16. The number of carboxylic acids is 1. The van der Waals surface area contributed by atoms with Crippen LogP contribution in [0.2, 0.25) is 0 Å². The number of allylic oxidation sites excluding steroid dienone is 1. The van der Waals surface area contributed by atoms with Gasteiger partial charge in [0.25, 0.3) is 5.56 Å². The number of aliphatic carboxylic acids is 1.